The van der Waals surface area contributed by atoms with Gasteiger partial charge in [-0.3, -0.25) is 0 Å². The molecule has 0 rings (SSSR count). The average Bonchev–Trinajstić information content (AvgIpc) is 2.03. The predicted octanol–water partition coefficient (Wildman–Crippen LogP) is 4.00. The maximum absolute atomic E-state index is 12.2. The van der Waals surface area contributed by atoms with Crippen LogP contribution in [0.4, 0.5) is 4.39 Å². The SMILES string of the molecule is C=C/C=C(/CBr)C(=C)F.CC. The van der Waals surface area contributed by atoms with Gasteiger partial charge < -0.3 is 0 Å². The summed E-state index contributed by atoms with van der Waals surface area (Å²) in [5.41, 5.74) is 0.532. The van der Waals surface area contributed by atoms with E-state index in [9.17, 15) is 4.39 Å². The number of hydrogen-bond acceptors (Lipinski definition) is 0. The fourth-order valence-corrected chi connectivity index (χ4v) is 0.841. The molecule has 0 nitrogen and oxygen atoms in total. The van der Waals surface area contributed by atoms with E-state index in [1.165, 1.54) is 6.08 Å². The van der Waals surface area contributed by atoms with E-state index in [4.69, 9.17) is 0 Å². The third kappa shape index (κ3) is 7.53. The zero-order valence-corrected chi connectivity index (χ0v) is 8.62. The third-order valence-electron chi connectivity index (χ3n) is 0.811. The number of alkyl halides is 1. The molecule has 64 valence electrons. The lowest BCUT2D eigenvalue weighted by atomic mass is 10.2. The summed E-state index contributed by atoms with van der Waals surface area (Å²) in [6.45, 7) is 10.6. The molecule has 0 aliphatic rings. The van der Waals surface area contributed by atoms with E-state index in [2.05, 4.69) is 29.1 Å². The molecule has 0 heterocycles. The Kier molecular flexibility index (Phi) is 11.6. The molecule has 11 heavy (non-hydrogen) atoms. The topological polar surface area (TPSA) is 0 Å². The second-order valence-corrected chi connectivity index (χ2v) is 2.03. The van der Waals surface area contributed by atoms with Gasteiger partial charge in [-0.15, -0.1) is 0 Å². The summed E-state index contributed by atoms with van der Waals surface area (Å²) in [4.78, 5) is 0. The number of hydrogen-bond donors (Lipinski definition) is 0. The molecule has 0 unspecified atom stereocenters. The Hall–Kier alpha value is -0.370. The maximum Gasteiger partial charge on any atom is 0.120 e. The Labute approximate surface area is 76.6 Å². The Morgan fingerprint density at radius 2 is 2.00 bits per heavy atom. The van der Waals surface area contributed by atoms with Crippen LogP contribution in [0.25, 0.3) is 0 Å². The molecule has 0 aliphatic carbocycles. The summed E-state index contributed by atoms with van der Waals surface area (Å²) in [6.07, 6.45) is 3.11. The highest BCUT2D eigenvalue weighted by Crippen LogP contribution is 2.11. The highest BCUT2D eigenvalue weighted by Gasteiger charge is 1.95. The van der Waals surface area contributed by atoms with Crippen LogP contribution in [0.2, 0.25) is 0 Å². The summed E-state index contributed by atoms with van der Waals surface area (Å²) in [6, 6.07) is 0. The molecular weight excluding hydrogens is 207 g/mol. The number of halogens is 2. The van der Waals surface area contributed by atoms with E-state index < -0.39 is 5.83 Å². The Balaban J connectivity index is 0. The van der Waals surface area contributed by atoms with Crippen LogP contribution >= 0.6 is 15.9 Å². The van der Waals surface area contributed by atoms with Crippen LogP contribution < -0.4 is 0 Å². The van der Waals surface area contributed by atoms with Crippen molar-refractivity contribution in [3.8, 4) is 0 Å². The highest BCUT2D eigenvalue weighted by atomic mass is 79.9. The second kappa shape index (κ2) is 9.63. The monoisotopic (exact) mass is 220 g/mol. The largest absolute Gasteiger partial charge is 0.207 e. The van der Waals surface area contributed by atoms with Crippen LogP contribution in [0.1, 0.15) is 13.8 Å². The lowest BCUT2D eigenvalue weighted by Gasteiger charge is -1.93. The molecule has 0 N–H and O–H groups in total. The average molecular weight is 221 g/mol. The van der Waals surface area contributed by atoms with Crippen molar-refractivity contribution in [1.29, 1.82) is 0 Å². The Bertz CT molecular complexity index is 148. The Morgan fingerprint density at radius 1 is 1.55 bits per heavy atom. The van der Waals surface area contributed by atoms with Crippen LogP contribution in [0.5, 0.6) is 0 Å². The standard InChI is InChI=1S/C7H8BrF.C2H6/c1-3-4-7(5-8)6(2)9;1-2/h3-4H,1-2,5H2;1-2H3/b7-4-;. The number of rotatable bonds is 3. The van der Waals surface area contributed by atoms with E-state index in [0.29, 0.717) is 10.9 Å². The van der Waals surface area contributed by atoms with Crippen LogP contribution in [0.15, 0.2) is 36.7 Å². The van der Waals surface area contributed by atoms with Crippen molar-refractivity contribution in [1.82, 2.24) is 0 Å². The van der Waals surface area contributed by atoms with Crippen LogP contribution in [-0.2, 0) is 0 Å². The zero-order chi connectivity index (χ0) is 9.28. The van der Waals surface area contributed by atoms with Crippen molar-refractivity contribution >= 4 is 15.9 Å². The second-order valence-electron chi connectivity index (χ2n) is 1.47. The lowest BCUT2D eigenvalue weighted by molar-refractivity contribution is 0.657. The van der Waals surface area contributed by atoms with Gasteiger partial charge in [0.05, 0.1) is 0 Å². The number of allylic oxidation sites excluding steroid dienone is 4. The fourth-order valence-electron chi connectivity index (χ4n) is 0.350. The maximum atomic E-state index is 12.2. The summed E-state index contributed by atoms with van der Waals surface area (Å²) in [5.74, 6) is -0.410. The predicted molar refractivity (Wildman–Crippen MR) is 53.7 cm³/mol. The van der Waals surface area contributed by atoms with Crippen molar-refractivity contribution < 1.29 is 4.39 Å². The lowest BCUT2D eigenvalue weighted by Crippen LogP contribution is -1.81. The quantitative estimate of drug-likeness (QED) is 0.499. The summed E-state index contributed by atoms with van der Waals surface area (Å²) < 4.78 is 12.2. The van der Waals surface area contributed by atoms with Gasteiger partial charge >= 0.3 is 0 Å². The van der Waals surface area contributed by atoms with Crippen molar-refractivity contribution in [2.75, 3.05) is 5.33 Å². The van der Waals surface area contributed by atoms with Gasteiger partial charge in [0.25, 0.3) is 0 Å². The normalized spacial score (nSPS) is 9.64. The van der Waals surface area contributed by atoms with Gasteiger partial charge in [0.1, 0.15) is 5.83 Å². The van der Waals surface area contributed by atoms with Gasteiger partial charge in [0.2, 0.25) is 0 Å². The first-order valence-electron chi connectivity index (χ1n) is 3.44. The van der Waals surface area contributed by atoms with Crippen molar-refractivity contribution in [2.24, 2.45) is 0 Å². The first-order chi connectivity index (χ1) is 5.22. The summed E-state index contributed by atoms with van der Waals surface area (Å²) in [7, 11) is 0. The van der Waals surface area contributed by atoms with E-state index in [1.807, 2.05) is 13.8 Å². The Morgan fingerprint density at radius 3 is 2.09 bits per heavy atom. The molecule has 0 aromatic rings. The molecule has 2 heteroatoms. The molecule has 0 aromatic heterocycles. The van der Waals surface area contributed by atoms with Gasteiger partial charge in [-0.1, -0.05) is 55.1 Å². The van der Waals surface area contributed by atoms with E-state index in [1.54, 1.807) is 6.08 Å². The zero-order valence-electron chi connectivity index (χ0n) is 7.03. The van der Waals surface area contributed by atoms with Crippen molar-refractivity contribution in [3.63, 3.8) is 0 Å². The van der Waals surface area contributed by atoms with Crippen LogP contribution in [0, 0.1) is 0 Å². The van der Waals surface area contributed by atoms with Gasteiger partial charge in [-0.05, 0) is 5.57 Å². The molecule has 0 atom stereocenters. The van der Waals surface area contributed by atoms with E-state index in [0.717, 1.165) is 0 Å². The van der Waals surface area contributed by atoms with Gasteiger partial charge in [0, 0.05) is 5.33 Å². The minimum Gasteiger partial charge on any atom is -0.207 e. The first kappa shape index (κ1) is 13.2. The molecule has 0 amide bonds. The molecule has 0 saturated heterocycles. The van der Waals surface area contributed by atoms with Crippen LogP contribution in [-0.4, -0.2) is 5.33 Å². The molecule has 0 spiro atoms. The molecule has 0 saturated carbocycles. The van der Waals surface area contributed by atoms with Crippen molar-refractivity contribution in [3.05, 3.63) is 36.7 Å². The van der Waals surface area contributed by atoms with Gasteiger partial charge in [-0.2, -0.15) is 0 Å². The third-order valence-corrected chi connectivity index (χ3v) is 1.42. The summed E-state index contributed by atoms with van der Waals surface area (Å²) >= 11 is 3.10. The first-order valence-corrected chi connectivity index (χ1v) is 4.57. The molecular formula is C9H14BrF. The molecule has 0 radical (unpaired) electrons. The summed E-state index contributed by atoms with van der Waals surface area (Å²) in [5, 5.41) is 0.481. The fraction of sp³-hybridized carbons (Fsp3) is 0.333. The molecule has 0 bridgehead atoms. The molecule has 0 aliphatic heterocycles. The minimum absolute atomic E-state index is 0.410. The molecule has 0 fully saturated rings. The van der Waals surface area contributed by atoms with Gasteiger partial charge in [-0.25, -0.2) is 4.39 Å². The van der Waals surface area contributed by atoms with E-state index in [-0.39, 0.29) is 0 Å². The molecule has 0 aromatic carbocycles. The van der Waals surface area contributed by atoms with E-state index >= 15 is 0 Å². The minimum atomic E-state index is -0.410. The highest BCUT2D eigenvalue weighted by molar-refractivity contribution is 9.09. The van der Waals surface area contributed by atoms with Crippen molar-refractivity contribution in [2.45, 2.75) is 13.8 Å². The van der Waals surface area contributed by atoms with Gasteiger partial charge in [0.15, 0.2) is 0 Å². The van der Waals surface area contributed by atoms with Crippen LogP contribution in [0.3, 0.4) is 0 Å². The smallest absolute Gasteiger partial charge is 0.120 e.